The molecule has 4 heteroatoms. The van der Waals surface area contributed by atoms with E-state index in [0.717, 1.165) is 80.9 Å². The summed E-state index contributed by atoms with van der Waals surface area (Å²) in [5.41, 5.74) is 2.76. The van der Waals surface area contributed by atoms with Crippen LogP contribution in [0.5, 0.6) is 23.0 Å². The molecular weight excluding hydrogens is 568 g/mol. The fourth-order valence-electron chi connectivity index (χ4n) is 5.47. The van der Waals surface area contributed by atoms with Gasteiger partial charge in [-0.2, -0.15) is 0 Å². The van der Waals surface area contributed by atoms with Crippen molar-refractivity contribution in [2.45, 2.75) is 116 Å². The number of hydrogen-bond acceptors (Lipinski definition) is 4. The van der Waals surface area contributed by atoms with Crippen molar-refractivity contribution in [3.63, 3.8) is 0 Å². The number of para-hydroxylation sites is 1. The number of hydrogen-bond donors (Lipinski definition) is 4. The van der Waals surface area contributed by atoms with E-state index in [2.05, 4.69) is 80.7 Å². The van der Waals surface area contributed by atoms with Gasteiger partial charge < -0.3 is 20.4 Å². The zero-order valence-electron chi connectivity index (χ0n) is 28.3. The topological polar surface area (TPSA) is 80.9 Å². The second kappa shape index (κ2) is 24.3. The number of phenols is 4. The molecule has 0 aliphatic heterocycles. The maximum atomic E-state index is 10.6. The predicted octanol–water partition coefficient (Wildman–Crippen LogP) is 11.8. The van der Waals surface area contributed by atoms with E-state index >= 15 is 0 Å². The van der Waals surface area contributed by atoms with Crippen LogP contribution in [0.25, 0.3) is 0 Å². The Balaban J connectivity index is 1.63. The van der Waals surface area contributed by atoms with Gasteiger partial charge in [0.15, 0.2) is 23.0 Å². The Hall–Kier alpha value is -3.92. The maximum Gasteiger partial charge on any atom is 0.160 e. The molecule has 2 aromatic rings. The Kier molecular flexibility index (Phi) is 20.2. The summed E-state index contributed by atoms with van der Waals surface area (Å²) in [6, 6.07) is 8.70. The summed E-state index contributed by atoms with van der Waals surface area (Å²) in [5, 5.41) is 40.2. The minimum atomic E-state index is -0.0420. The highest BCUT2D eigenvalue weighted by molar-refractivity contribution is 5.51. The van der Waals surface area contributed by atoms with E-state index in [1.807, 2.05) is 18.2 Å². The highest BCUT2D eigenvalue weighted by Crippen LogP contribution is 2.36. The van der Waals surface area contributed by atoms with E-state index in [9.17, 15) is 20.4 Å². The number of benzene rings is 2. The maximum absolute atomic E-state index is 10.6. The van der Waals surface area contributed by atoms with E-state index in [1.165, 1.54) is 38.2 Å². The quantitative estimate of drug-likeness (QED) is 0.0562. The highest BCUT2D eigenvalue weighted by Gasteiger charge is 2.15. The first kappa shape index (κ1) is 38.3. The van der Waals surface area contributed by atoms with Gasteiger partial charge in [0.25, 0.3) is 0 Å². The SMILES string of the molecule is CCC=CC=CC=CCCCCCCCc1c(C(C)C=CC=CC=CCCCCCCCc2cccc(O)c2O)ccc(O)c1O. The molecule has 0 aromatic heterocycles. The summed E-state index contributed by atoms with van der Waals surface area (Å²) in [6.07, 6.45) is 41.4. The van der Waals surface area contributed by atoms with Gasteiger partial charge in [0, 0.05) is 5.56 Å². The Bertz CT molecular complexity index is 1290. The van der Waals surface area contributed by atoms with Gasteiger partial charge in [0.05, 0.1) is 0 Å². The average Bonchev–Trinajstić information content (AvgIpc) is 3.05. The monoisotopic (exact) mass is 626 g/mol. The van der Waals surface area contributed by atoms with Crippen LogP contribution in [-0.2, 0) is 12.8 Å². The number of aromatic hydroxyl groups is 4. The van der Waals surface area contributed by atoms with Crippen molar-refractivity contribution in [2.75, 3.05) is 0 Å². The van der Waals surface area contributed by atoms with Crippen molar-refractivity contribution in [2.24, 2.45) is 0 Å². The Morgan fingerprint density at radius 1 is 0.543 bits per heavy atom. The first-order chi connectivity index (χ1) is 22.5. The second-order valence-electron chi connectivity index (χ2n) is 12.0. The molecule has 2 aromatic carbocycles. The summed E-state index contributed by atoms with van der Waals surface area (Å²) >= 11 is 0. The Morgan fingerprint density at radius 3 is 1.74 bits per heavy atom. The summed E-state index contributed by atoms with van der Waals surface area (Å²) in [6.45, 7) is 4.26. The van der Waals surface area contributed by atoms with Crippen molar-refractivity contribution in [3.8, 4) is 23.0 Å². The molecule has 1 atom stereocenters. The highest BCUT2D eigenvalue weighted by atomic mass is 16.3. The molecule has 46 heavy (non-hydrogen) atoms. The molecule has 0 bridgehead atoms. The summed E-state index contributed by atoms with van der Waals surface area (Å²) in [4.78, 5) is 0. The van der Waals surface area contributed by atoms with Crippen LogP contribution in [0.2, 0.25) is 0 Å². The van der Waals surface area contributed by atoms with Gasteiger partial charge in [-0.15, -0.1) is 0 Å². The molecule has 0 radical (unpaired) electrons. The first-order valence-electron chi connectivity index (χ1n) is 17.5. The van der Waals surface area contributed by atoms with E-state index in [1.54, 1.807) is 12.1 Å². The third-order valence-corrected chi connectivity index (χ3v) is 8.21. The fraction of sp³-hybridized carbons (Fsp3) is 0.429. The van der Waals surface area contributed by atoms with Crippen molar-refractivity contribution in [1.82, 2.24) is 0 Å². The lowest BCUT2D eigenvalue weighted by molar-refractivity contribution is 0.397. The molecule has 0 saturated carbocycles. The number of rotatable bonds is 23. The van der Waals surface area contributed by atoms with Crippen molar-refractivity contribution in [1.29, 1.82) is 0 Å². The van der Waals surface area contributed by atoms with Crippen LogP contribution in [0.1, 0.15) is 120 Å². The molecule has 0 amide bonds. The minimum Gasteiger partial charge on any atom is -0.504 e. The van der Waals surface area contributed by atoms with E-state index < -0.39 is 0 Å². The van der Waals surface area contributed by atoms with Crippen LogP contribution < -0.4 is 0 Å². The smallest absolute Gasteiger partial charge is 0.160 e. The summed E-state index contributed by atoms with van der Waals surface area (Å²) in [5.74, 6) is 0.0934. The standard InChI is InChI=1S/C42H58O4/c1-3-4-5-6-7-8-9-10-14-17-20-23-26-31-38-37(33-34-40(44)42(38)46)35(2)28-24-21-18-15-12-11-13-16-19-22-25-29-36-30-27-32-39(43)41(36)45/h4-9,12,15,18,21,24,27-28,30,32-35,43-46H,3,10-11,13-14,16-17,19-20,22-23,25-26,29,31H2,1-2H3. The van der Waals surface area contributed by atoms with E-state index in [0.29, 0.717) is 0 Å². The van der Waals surface area contributed by atoms with Gasteiger partial charge in [0.1, 0.15) is 0 Å². The third-order valence-electron chi connectivity index (χ3n) is 8.21. The molecule has 0 spiro atoms. The molecule has 2 rings (SSSR count). The zero-order valence-corrected chi connectivity index (χ0v) is 28.3. The second-order valence-corrected chi connectivity index (χ2v) is 12.0. The average molecular weight is 627 g/mol. The largest absolute Gasteiger partial charge is 0.504 e. The van der Waals surface area contributed by atoms with Crippen LogP contribution >= 0.6 is 0 Å². The Labute approximate surface area is 278 Å². The van der Waals surface area contributed by atoms with Crippen LogP contribution in [-0.4, -0.2) is 20.4 Å². The molecule has 0 fully saturated rings. The minimum absolute atomic E-state index is 0.0191. The third kappa shape index (κ3) is 15.9. The molecule has 250 valence electrons. The lowest BCUT2D eigenvalue weighted by atomic mass is 9.91. The van der Waals surface area contributed by atoms with Crippen molar-refractivity contribution < 1.29 is 20.4 Å². The van der Waals surface area contributed by atoms with Crippen LogP contribution in [0.3, 0.4) is 0 Å². The van der Waals surface area contributed by atoms with Crippen LogP contribution in [0, 0.1) is 0 Å². The molecule has 4 N–H and O–H groups in total. The number of unbranched alkanes of at least 4 members (excludes halogenated alkanes) is 10. The molecule has 4 nitrogen and oxygen atoms in total. The lowest BCUT2D eigenvalue weighted by Crippen LogP contribution is -1.99. The Morgan fingerprint density at radius 2 is 1.09 bits per heavy atom. The molecular formula is C42H58O4. The van der Waals surface area contributed by atoms with Gasteiger partial charge in [-0.1, -0.05) is 143 Å². The van der Waals surface area contributed by atoms with Gasteiger partial charge in [-0.25, -0.2) is 0 Å². The fourth-order valence-corrected chi connectivity index (χ4v) is 5.47. The van der Waals surface area contributed by atoms with Crippen molar-refractivity contribution in [3.05, 3.63) is 120 Å². The predicted molar refractivity (Wildman–Crippen MR) is 196 cm³/mol. The summed E-state index contributed by atoms with van der Waals surface area (Å²) in [7, 11) is 0. The van der Waals surface area contributed by atoms with Gasteiger partial charge in [-0.3, -0.25) is 0 Å². The molecule has 1 unspecified atom stereocenters. The van der Waals surface area contributed by atoms with Gasteiger partial charge >= 0.3 is 0 Å². The van der Waals surface area contributed by atoms with Gasteiger partial charge in [0.2, 0.25) is 0 Å². The van der Waals surface area contributed by atoms with Crippen LogP contribution in [0.15, 0.2) is 103 Å². The number of aryl methyl sites for hydroxylation is 1. The normalized spacial score (nSPS) is 13.2. The zero-order chi connectivity index (χ0) is 33.2. The van der Waals surface area contributed by atoms with Crippen LogP contribution in [0.4, 0.5) is 0 Å². The summed E-state index contributed by atoms with van der Waals surface area (Å²) < 4.78 is 0. The molecule has 0 aliphatic carbocycles. The number of allylic oxidation sites excluding steroid dienone is 12. The van der Waals surface area contributed by atoms with Gasteiger partial charge in [-0.05, 0) is 87.0 Å². The van der Waals surface area contributed by atoms with E-state index in [-0.39, 0.29) is 28.9 Å². The molecule has 0 saturated heterocycles. The molecule has 0 heterocycles. The first-order valence-corrected chi connectivity index (χ1v) is 17.5. The molecule has 0 aliphatic rings. The lowest BCUT2D eigenvalue weighted by Gasteiger charge is -2.16. The van der Waals surface area contributed by atoms with E-state index in [4.69, 9.17) is 0 Å². The number of phenolic OH excluding ortho intramolecular Hbond substituents is 4. The van der Waals surface area contributed by atoms with Crippen molar-refractivity contribution >= 4 is 0 Å².